The van der Waals surface area contributed by atoms with Crippen LogP contribution in [0.3, 0.4) is 0 Å². The van der Waals surface area contributed by atoms with E-state index in [9.17, 15) is 0 Å². The molecule has 0 N–H and O–H groups in total. The lowest BCUT2D eigenvalue weighted by Gasteiger charge is -2.24. The van der Waals surface area contributed by atoms with Gasteiger partial charge < -0.3 is 8.85 Å². The molecule has 0 aliphatic carbocycles. The molecule has 0 spiro atoms. The molecule has 0 radical (unpaired) electrons. The zero-order valence-corrected chi connectivity index (χ0v) is 13.3. The lowest BCUT2D eigenvalue weighted by molar-refractivity contribution is 0.494. The Morgan fingerprint density at radius 2 is 1.18 bits per heavy atom. The molecule has 0 unspecified atom stereocenters. The van der Waals surface area contributed by atoms with Crippen LogP contribution in [0.2, 0.25) is 0 Å². The van der Waals surface area contributed by atoms with Crippen molar-refractivity contribution in [1.29, 1.82) is 0 Å². The van der Waals surface area contributed by atoms with Crippen LogP contribution in [0.15, 0.2) is 78.9 Å². The summed E-state index contributed by atoms with van der Waals surface area (Å²) < 4.78 is 12.9. The van der Waals surface area contributed by atoms with Crippen molar-refractivity contribution in [2.45, 2.75) is 6.92 Å². The van der Waals surface area contributed by atoms with Crippen LogP contribution >= 0.6 is 0 Å². The highest BCUT2D eigenvalue weighted by atomic mass is 28.4. The fourth-order valence-corrected chi connectivity index (χ4v) is 5.88. The smallest absolute Gasteiger partial charge is 0.502 e. The fraction of sp³-hybridized carbons (Fsp3) is 0.0526. The van der Waals surface area contributed by atoms with Gasteiger partial charge in [-0.25, -0.2) is 0 Å². The summed E-state index contributed by atoms with van der Waals surface area (Å²) in [4.78, 5) is 0. The van der Waals surface area contributed by atoms with Crippen LogP contribution in [0.4, 0.5) is 0 Å². The van der Waals surface area contributed by atoms with Crippen LogP contribution in [0, 0.1) is 6.92 Å². The van der Waals surface area contributed by atoms with Crippen LogP contribution in [0.1, 0.15) is 5.56 Å². The molecule has 1 aliphatic heterocycles. The molecular formula is C19H16O2Si. The molecular weight excluding hydrogens is 288 g/mol. The minimum Gasteiger partial charge on any atom is -0.502 e. The molecule has 1 aliphatic rings. The molecule has 22 heavy (non-hydrogen) atoms. The molecule has 0 atom stereocenters. The van der Waals surface area contributed by atoms with Crippen molar-refractivity contribution in [3.05, 3.63) is 84.4 Å². The van der Waals surface area contributed by atoms with Gasteiger partial charge in [-0.2, -0.15) is 0 Å². The molecule has 0 bridgehead atoms. The number of rotatable bonds is 2. The maximum absolute atomic E-state index is 6.46. The van der Waals surface area contributed by atoms with Crippen molar-refractivity contribution in [3.63, 3.8) is 0 Å². The first-order valence-corrected chi connectivity index (χ1v) is 9.19. The summed E-state index contributed by atoms with van der Waals surface area (Å²) in [5.41, 5.74) is 1.17. The van der Waals surface area contributed by atoms with Crippen LogP contribution in [-0.4, -0.2) is 8.56 Å². The van der Waals surface area contributed by atoms with Gasteiger partial charge in [0, 0.05) is 10.4 Å². The first kappa shape index (κ1) is 13.2. The van der Waals surface area contributed by atoms with Crippen molar-refractivity contribution >= 4 is 18.9 Å². The molecule has 0 amide bonds. The van der Waals surface area contributed by atoms with Gasteiger partial charge in [0.05, 0.1) is 0 Å². The first-order chi connectivity index (χ1) is 10.8. The zero-order chi connectivity index (χ0) is 15.0. The summed E-state index contributed by atoms with van der Waals surface area (Å²) in [5.74, 6) is 1.68. The van der Waals surface area contributed by atoms with E-state index < -0.39 is 8.56 Å². The van der Waals surface area contributed by atoms with Gasteiger partial charge in [0.15, 0.2) is 0 Å². The third-order valence-electron chi connectivity index (χ3n) is 3.91. The van der Waals surface area contributed by atoms with E-state index in [-0.39, 0.29) is 0 Å². The molecule has 2 nitrogen and oxygen atoms in total. The molecule has 0 saturated heterocycles. The highest BCUT2D eigenvalue weighted by Crippen LogP contribution is 2.37. The zero-order valence-electron chi connectivity index (χ0n) is 12.3. The average molecular weight is 304 g/mol. The van der Waals surface area contributed by atoms with E-state index in [1.54, 1.807) is 0 Å². The minimum atomic E-state index is -2.71. The van der Waals surface area contributed by atoms with Crippen LogP contribution in [0.25, 0.3) is 0 Å². The second kappa shape index (κ2) is 5.04. The van der Waals surface area contributed by atoms with Gasteiger partial charge in [-0.05, 0) is 24.6 Å². The van der Waals surface area contributed by atoms with Crippen molar-refractivity contribution in [1.82, 2.24) is 0 Å². The van der Waals surface area contributed by atoms with E-state index >= 15 is 0 Å². The summed E-state index contributed by atoms with van der Waals surface area (Å²) in [6.07, 6.45) is 0. The van der Waals surface area contributed by atoms with Crippen LogP contribution in [-0.2, 0) is 0 Å². The highest BCUT2D eigenvalue weighted by Gasteiger charge is 2.51. The lowest BCUT2D eigenvalue weighted by atomic mass is 10.2. The van der Waals surface area contributed by atoms with Crippen LogP contribution in [0.5, 0.6) is 11.5 Å². The molecule has 1 heterocycles. The Bertz CT molecular complexity index is 761. The Balaban J connectivity index is 1.90. The summed E-state index contributed by atoms with van der Waals surface area (Å²) in [5, 5.41) is 2.24. The number of aryl methyl sites for hydroxylation is 1. The topological polar surface area (TPSA) is 18.5 Å². The standard InChI is InChI=1S/C19H16O2Si/c1-15-12-13-18-19(14-15)21-22(20-18,16-8-4-2-5-9-16)17-10-6-3-7-11-17/h2-14H,1H3. The second-order valence-corrected chi connectivity index (χ2v) is 8.30. The summed E-state index contributed by atoms with van der Waals surface area (Å²) >= 11 is 0. The fourth-order valence-electron chi connectivity index (χ4n) is 2.83. The van der Waals surface area contributed by atoms with Gasteiger partial charge in [0.25, 0.3) is 0 Å². The maximum Gasteiger partial charge on any atom is 0.531 e. The minimum absolute atomic E-state index is 0.838. The number of fused-ring (bicyclic) bond motifs is 1. The monoisotopic (exact) mass is 304 g/mol. The molecule has 4 rings (SSSR count). The summed E-state index contributed by atoms with van der Waals surface area (Å²) in [7, 11) is -2.71. The predicted octanol–water partition coefficient (Wildman–Crippen LogP) is 3.02. The van der Waals surface area contributed by atoms with Crippen molar-refractivity contribution in [2.75, 3.05) is 0 Å². The maximum atomic E-state index is 6.46. The molecule has 0 fully saturated rings. The third-order valence-corrected chi connectivity index (χ3v) is 7.12. The average Bonchev–Trinajstić information content (AvgIpc) is 2.96. The Kier molecular flexibility index (Phi) is 3.01. The summed E-state index contributed by atoms with van der Waals surface area (Å²) in [6.45, 7) is 2.07. The quantitative estimate of drug-likeness (QED) is 0.678. The van der Waals surface area contributed by atoms with Crippen LogP contribution < -0.4 is 19.2 Å². The molecule has 3 aromatic carbocycles. The first-order valence-electron chi connectivity index (χ1n) is 7.38. The molecule has 0 aromatic heterocycles. The van der Waals surface area contributed by atoms with E-state index in [1.165, 1.54) is 5.56 Å². The predicted molar refractivity (Wildman–Crippen MR) is 90.3 cm³/mol. The lowest BCUT2D eigenvalue weighted by Crippen LogP contribution is -2.66. The van der Waals surface area contributed by atoms with Gasteiger partial charge in [-0.15, -0.1) is 0 Å². The second-order valence-electron chi connectivity index (χ2n) is 5.50. The Hall–Kier alpha value is -2.52. The van der Waals surface area contributed by atoms with E-state index in [2.05, 4.69) is 43.3 Å². The molecule has 0 saturated carbocycles. The molecule has 108 valence electrons. The van der Waals surface area contributed by atoms with E-state index in [4.69, 9.17) is 8.85 Å². The molecule has 3 aromatic rings. The van der Waals surface area contributed by atoms with Gasteiger partial charge in [0.1, 0.15) is 11.5 Å². The number of hydrogen-bond donors (Lipinski definition) is 0. The van der Waals surface area contributed by atoms with Crippen molar-refractivity contribution in [2.24, 2.45) is 0 Å². The van der Waals surface area contributed by atoms with E-state index in [0.29, 0.717) is 0 Å². The summed E-state index contributed by atoms with van der Waals surface area (Å²) in [6, 6.07) is 26.7. The van der Waals surface area contributed by atoms with Gasteiger partial charge in [-0.3, -0.25) is 0 Å². The normalized spacial score (nSPS) is 14.8. The van der Waals surface area contributed by atoms with Gasteiger partial charge in [0.2, 0.25) is 0 Å². The highest BCUT2D eigenvalue weighted by molar-refractivity contribution is 6.94. The largest absolute Gasteiger partial charge is 0.531 e. The number of hydrogen-bond acceptors (Lipinski definition) is 2. The Morgan fingerprint density at radius 3 is 1.77 bits per heavy atom. The SMILES string of the molecule is Cc1ccc2c(c1)O[Si](c1ccccc1)(c1ccccc1)O2. The Morgan fingerprint density at radius 1 is 0.636 bits per heavy atom. The third kappa shape index (κ3) is 2.02. The van der Waals surface area contributed by atoms with E-state index in [1.807, 2.05) is 42.5 Å². The molecule has 3 heteroatoms. The number of benzene rings is 3. The van der Waals surface area contributed by atoms with Crippen molar-refractivity contribution < 1.29 is 8.85 Å². The van der Waals surface area contributed by atoms with E-state index in [0.717, 1.165) is 21.9 Å². The Labute approximate surface area is 131 Å². The van der Waals surface area contributed by atoms with Gasteiger partial charge >= 0.3 is 8.56 Å². The van der Waals surface area contributed by atoms with Gasteiger partial charge in [-0.1, -0.05) is 66.7 Å². The van der Waals surface area contributed by atoms with Crippen molar-refractivity contribution in [3.8, 4) is 11.5 Å².